The van der Waals surface area contributed by atoms with E-state index in [1.54, 1.807) is 0 Å². The van der Waals surface area contributed by atoms with Crippen molar-refractivity contribution in [2.24, 2.45) is 5.92 Å². The maximum Gasteiger partial charge on any atom is 0.302 e. The van der Waals surface area contributed by atoms with Crippen molar-refractivity contribution < 1.29 is 21.8 Å². The summed E-state index contributed by atoms with van der Waals surface area (Å²) >= 11 is 3.13. The van der Waals surface area contributed by atoms with E-state index in [0.29, 0.717) is 4.60 Å². The van der Waals surface area contributed by atoms with Crippen molar-refractivity contribution in [3.8, 4) is 5.88 Å². The Morgan fingerprint density at radius 1 is 1.60 bits per heavy atom. The molecule has 1 aromatic heterocycles. The molecular formula is C10H11BrFN3O4S. The number of nitrogens with zero attached hydrogens (tertiary/aromatic N) is 3. The van der Waals surface area contributed by atoms with Crippen molar-refractivity contribution >= 4 is 37.9 Å². The minimum atomic E-state index is -4.61. The third-order valence-corrected chi connectivity index (χ3v) is 4.03. The first-order valence-corrected chi connectivity index (χ1v) is 7.94. The Labute approximate surface area is 123 Å². The minimum Gasteiger partial charge on any atom is -0.478 e. The van der Waals surface area contributed by atoms with E-state index in [1.807, 2.05) is 0 Å². The first-order valence-electron chi connectivity index (χ1n) is 5.59. The third kappa shape index (κ3) is 3.42. The first-order chi connectivity index (χ1) is 9.30. The van der Waals surface area contributed by atoms with Crippen LogP contribution < -0.4 is 9.64 Å². The molecule has 0 bridgehead atoms. The molecule has 0 aliphatic carbocycles. The van der Waals surface area contributed by atoms with E-state index in [2.05, 4.69) is 25.9 Å². The van der Waals surface area contributed by atoms with Crippen molar-refractivity contribution in [1.82, 2.24) is 9.97 Å². The van der Waals surface area contributed by atoms with Gasteiger partial charge in [-0.05, 0) is 15.9 Å². The summed E-state index contributed by atoms with van der Waals surface area (Å²) in [4.78, 5) is 21.2. The lowest BCUT2D eigenvalue weighted by atomic mass is 10.1. The summed E-state index contributed by atoms with van der Waals surface area (Å²) in [5, 5.41) is 0. The summed E-state index contributed by atoms with van der Waals surface area (Å²) in [7, 11) is -3.23. The SMILES string of the molecule is COc1nc(Br)cnc1N1CC(CS(=O)(=O)F)CC1=O. The molecular weight excluding hydrogens is 357 g/mol. The molecule has 10 heteroatoms. The molecule has 0 saturated carbocycles. The second kappa shape index (κ2) is 5.60. The van der Waals surface area contributed by atoms with Crippen LogP contribution in [0.4, 0.5) is 9.70 Å². The van der Waals surface area contributed by atoms with Gasteiger partial charge in [-0.1, -0.05) is 0 Å². The second-order valence-electron chi connectivity index (χ2n) is 4.31. The number of carbonyl (C=O) groups is 1. The van der Waals surface area contributed by atoms with Crippen molar-refractivity contribution in [2.45, 2.75) is 6.42 Å². The molecule has 0 N–H and O–H groups in total. The van der Waals surface area contributed by atoms with Crippen molar-refractivity contribution in [2.75, 3.05) is 24.3 Å². The summed E-state index contributed by atoms with van der Waals surface area (Å²) in [6.45, 7) is 0.0641. The predicted octanol–water partition coefficient (Wildman–Crippen LogP) is 0.900. The van der Waals surface area contributed by atoms with Gasteiger partial charge >= 0.3 is 10.2 Å². The number of carbonyl (C=O) groups excluding carboxylic acids is 1. The highest BCUT2D eigenvalue weighted by Crippen LogP contribution is 2.31. The molecule has 1 fully saturated rings. The zero-order valence-corrected chi connectivity index (χ0v) is 12.8. The Bertz CT molecular complexity index is 639. The molecule has 1 amide bonds. The molecule has 110 valence electrons. The molecule has 2 heterocycles. The van der Waals surface area contributed by atoms with Crippen LogP contribution in [0.25, 0.3) is 0 Å². The molecule has 1 saturated heterocycles. The number of hydrogen-bond donors (Lipinski definition) is 0. The van der Waals surface area contributed by atoms with Crippen LogP contribution in [-0.4, -0.2) is 43.7 Å². The Morgan fingerprint density at radius 3 is 2.90 bits per heavy atom. The normalized spacial score (nSPS) is 19.4. The van der Waals surface area contributed by atoms with Gasteiger partial charge in [0.05, 0.1) is 19.1 Å². The molecule has 1 unspecified atom stereocenters. The monoisotopic (exact) mass is 367 g/mol. The second-order valence-corrected chi connectivity index (χ2v) is 6.53. The maximum atomic E-state index is 12.7. The number of ether oxygens (including phenoxy) is 1. The van der Waals surface area contributed by atoms with E-state index in [0.717, 1.165) is 0 Å². The number of methoxy groups -OCH3 is 1. The fourth-order valence-corrected chi connectivity index (χ4v) is 3.10. The molecule has 1 aliphatic heterocycles. The Kier molecular flexibility index (Phi) is 4.23. The van der Waals surface area contributed by atoms with Crippen LogP contribution in [-0.2, 0) is 15.0 Å². The summed E-state index contributed by atoms with van der Waals surface area (Å²) in [5.74, 6) is -1.29. The average molecular weight is 368 g/mol. The summed E-state index contributed by atoms with van der Waals surface area (Å²) in [6.07, 6.45) is 1.34. The fraction of sp³-hybridized carbons (Fsp3) is 0.500. The number of aromatic nitrogens is 2. The van der Waals surface area contributed by atoms with Crippen molar-refractivity contribution in [1.29, 1.82) is 0 Å². The van der Waals surface area contributed by atoms with E-state index < -0.39 is 21.9 Å². The topological polar surface area (TPSA) is 89.5 Å². The van der Waals surface area contributed by atoms with E-state index in [9.17, 15) is 17.1 Å². The average Bonchev–Trinajstić information content (AvgIpc) is 2.67. The van der Waals surface area contributed by atoms with Crippen LogP contribution in [0.1, 0.15) is 6.42 Å². The van der Waals surface area contributed by atoms with Gasteiger partial charge in [0.15, 0.2) is 5.82 Å². The number of hydrogen-bond acceptors (Lipinski definition) is 6. The Hall–Kier alpha value is -1.29. The van der Waals surface area contributed by atoms with Crippen LogP contribution in [0, 0.1) is 5.92 Å². The predicted molar refractivity (Wildman–Crippen MR) is 71.6 cm³/mol. The van der Waals surface area contributed by atoms with Crippen LogP contribution in [0.5, 0.6) is 5.88 Å². The molecule has 20 heavy (non-hydrogen) atoms. The van der Waals surface area contributed by atoms with E-state index in [-0.39, 0.29) is 30.6 Å². The molecule has 7 nitrogen and oxygen atoms in total. The van der Waals surface area contributed by atoms with E-state index >= 15 is 0 Å². The first kappa shape index (κ1) is 15.1. The van der Waals surface area contributed by atoms with Crippen LogP contribution in [0.2, 0.25) is 0 Å². The third-order valence-electron chi connectivity index (χ3n) is 2.78. The van der Waals surface area contributed by atoms with Gasteiger partial charge in [-0.2, -0.15) is 8.42 Å². The van der Waals surface area contributed by atoms with Crippen molar-refractivity contribution in [3.05, 3.63) is 10.8 Å². The summed E-state index contributed by atoms with van der Waals surface area (Å²) < 4.78 is 39.4. The molecule has 0 radical (unpaired) electrons. The van der Waals surface area contributed by atoms with Gasteiger partial charge in [0.2, 0.25) is 5.91 Å². The Morgan fingerprint density at radius 2 is 2.30 bits per heavy atom. The maximum absolute atomic E-state index is 12.7. The van der Waals surface area contributed by atoms with Crippen LogP contribution in [0.15, 0.2) is 10.8 Å². The van der Waals surface area contributed by atoms with Gasteiger partial charge in [-0.3, -0.25) is 9.69 Å². The van der Waals surface area contributed by atoms with Gasteiger partial charge in [-0.25, -0.2) is 9.97 Å². The molecule has 0 aromatic carbocycles. The fourth-order valence-electron chi connectivity index (χ4n) is 2.05. The molecule has 1 atom stereocenters. The zero-order chi connectivity index (χ0) is 14.9. The minimum absolute atomic E-state index is 0.0515. The largest absolute Gasteiger partial charge is 0.478 e. The Balaban J connectivity index is 2.24. The quantitative estimate of drug-likeness (QED) is 0.734. The van der Waals surface area contributed by atoms with E-state index in [1.165, 1.54) is 18.2 Å². The molecule has 2 rings (SSSR count). The molecule has 1 aliphatic rings. The van der Waals surface area contributed by atoms with Crippen LogP contribution in [0.3, 0.4) is 0 Å². The number of halogens is 2. The van der Waals surface area contributed by atoms with E-state index in [4.69, 9.17) is 4.74 Å². The standard InChI is InChI=1S/C10H11BrFN3O4S/c1-19-10-9(13-3-7(11)14-10)15-4-6(2-8(15)16)5-20(12,17)18/h3,6H,2,4-5H2,1H3. The smallest absolute Gasteiger partial charge is 0.302 e. The van der Waals surface area contributed by atoms with Crippen molar-refractivity contribution in [3.63, 3.8) is 0 Å². The van der Waals surface area contributed by atoms with Gasteiger partial charge in [-0.15, -0.1) is 3.89 Å². The number of amides is 1. The highest BCUT2D eigenvalue weighted by Gasteiger charge is 2.36. The highest BCUT2D eigenvalue weighted by atomic mass is 79.9. The lowest BCUT2D eigenvalue weighted by Crippen LogP contribution is -2.27. The lowest BCUT2D eigenvalue weighted by Gasteiger charge is -2.17. The van der Waals surface area contributed by atoms with Gasteiger partial charge < -0.3 is 4.74 Å². The van der Waals surface area contributed by atoms with Gasteiger partial charge in [0.25, 0.3) is 5.88 Å². The molecule has 1 aromatic rings. The van der Waals surface area contributed by atoms with Crippen LogP contribution >= 0.6 is 15.9 Å². The van der Waals surface area contributed by atoms with Gasteiger partial charge in [0, 0.05) is 18.9 Å². The lowest BCUT2D eigenvalue weighted by molar-refractivity contribution is -0.117. The molecule has 0 spiro atoms. The van der Waals surface area contributed by atoms with Gasteiger partial charge in [0.1, 0.15) is 4.60 Å². The number of anilines is 1. The summed E-state index contributed by atoms with van der Waals surface area (Å²) in [6, 6.07) is 0. The zero-order valence-electron chi connectivity index (χ0n) is 10.4. The summed E-state index contributed by atoms with van der Waals surface area (Å²) in [5.41, 5.74) is 0. The highest BCUT2D eigenvalue weighted by molar-refractivity contribution is 9.10. The number of rotatable bonds is 4.